The van der Waals surface area contributed by atoms with E-state index in [1.165, 1.54) is 6.20 Å². The number of carbonyl (C=O) groups excluding carboxylic acids is 1. The summed E-state index contributed by atoms with van der Waals surface area (Å²) < 4.78 is 5.35. The zero-order valence-electron chi connectivity index (χ0n) is 10.4. The number of amides is 1. The van der Waals surface area contributed by atoms with E-state index in [4.69, 9.17) is 16.3 Å². The number of benzene rings is 1. The van der Waals surface area contributed by atoms with Gasteiger partial charge in [-0.05, 0) is 31.2 Å². The van der Waals surface area contributed by atoms with E-state index >= 15 is 0 Å². The molecule has 0 aliphatic carbocycles. The first-order valence-electron chi connectivity index (χ1n) is 5.74. The fourth-order valence-corrected chi connectivity index (χ4v) is 1.60. The molecule has 1 heterocycles. The molecule has 0 atom stereocenters. The number of halogens is 1. The predicted molar refractivity (Wildman–Crippen MR) is 74.6 cm³/mol. The normalized spacial score (nSPS) is 10.0. The minimum atomic E-state index is -0.282. The summed E-state index contributed by atoms with van der Waals surface area (Å²) in [6.45, 7) is 1.92. The SMILES string of the molecule is Cc1ccc(OCC(=O)Nc2cc(Cl)ccn2)cc1. The molecule has 19 heavy (non-hydrogen) atoms. The van der Waals surface area contributed by atoms with Gasteiger partial charge >= 0.3 is 0 Å². The second kappa shape index (κ2) is 6.20. The third-order valence-corrected chi connectivity index (χ3v) is 2.62. The van der Waals surface area contributed by atoms with Crippen LogP contribution in [0.4, 0.5) is 5.82 Å². The molecule has 1 N–H and O–H groups in total. The molecule has 0 unspecified atom stereocenters. The summed E-state index contributed by atoms with van der Waals surface area (Å²) in [5, 5.41) is 3.12. The average molecular weight is 277 g/mol. The van der Waals surface area contributed by atoms with Crippen LogP contribution in [0, 0.1) is 6.92 Å². The molecular formula is C14H13ClN2O2. The highest BCUT2D eigenvalue weighted by Gasteiger charge is 2.04. The summed E-state index contributed by atoms with van der Waals surface area (Å²) in [5.74, 6) is 0.778. The monoisotopic (exact) mass is 276 g/mol. The maximum Gasteiger partial charge on any atom is 0.263 e. The molecule has 0 radical (unpaired) electrons. The Labute approximate surface area is 116 Å². The van der Waals surface area contributed by atoms with Crippen molar-refractivity contribution < 1.29 is 9.53 Å². The van der Waals surface area contributed by atoms with Crippen LogP contribution < -0.4 is 10.1 Å². The molecule has 0 aliphatic rings. The van der Waals surface area contributed by atoms with Crippen molar-refractivity contribution in [3.8, 4) is 5.75 Å². The number of nitrogens with one attached hydrogen (secondary N) is 1. The van der Waals surface area contributed by atoms with E-state index in [0.29, 0.717) is 16.6 Å². The van der Waals surface area contributed by atoms with E-state index < -0.39 is 0 Å². The number of rotatable bonds is 4. The van der Waals surface area contributed by atoms with Gasteiger partial charge in [0.15, 0.2) is 6.61 Å². The van der Waals surface area contributed by atoms with Gasteiger partial charge in [-0.15, -0.1) is 0 Å². The van der Waals surface area contributed by atoms with Gasteiger partial charge in [-0.25, -0.2) is 4.98 Å². The highest BCUT2D eigenvalue weighted by Crippen LogP contribution is 2.13. The first-order valence-corrected chi connectivity index (χ1v) is 6.12. The van der Waals surface area contributed by atoms with Crippen molar-refractivity contribution in [1.82, 2.24) is 4.98 Å². The van der Waals surface area contributed by atoms with Crippen molar-refractivity contribution in [2.24, 2.45) is 0 Å². The van der Waals surface area contributed by atoms with E-state index in [0.717, 1.165) is 5.56 Å². The number of aromatic nitrogens is 1. The molecule has 4 nitrogen and oxygen atoms in total. The van der Waals surface area contributed by atoms with Crippen LogP contribution in [0.3, 0.4) is 0 Å². The van der Waals surface area contributed by atoms with Gasteiger partial charge in [-0.1, -0.05) is 29.3 Å². The zero-order chi connectivity index (χ0) is 13.7. The van der Waals surface area contributed by atoms with Crippen molar-refractivity contribution in [2.75, 3.05) is 11.9 Å². The minimum absolute atomic E-state index is 0.0722. The lowest BCUT2D eigenvalue weighted by Gasteiger charge is -2.07. The lowest BCUT2D eigenvalue weighted by Crippen LogP contribution is -2.20. The first kappa shape index (κ1) is 13.4. The molecule has 1 amide bonds. The largest absolute Gasteiger partial charge is 0.484 e. The predicted octanol–water partition coefficient (Wildman–Crippen LogP) is 3.06. The van der Waals surface area contributed by atoms with Crippen LogP contribution in [0.1, 0.15) is 5.56 Å². The topological polar surface area (TPSA) is 51.2 Å². The summed E-state index contributed by atoms with van der Waals surface area (Å²) in [6.07, 6.45) is 1.53. The van der Waals surface area contributed by atoms with E-state index in [1.54, 1.807) is 12.1 Å². The second-order valence-electron chi connectivity index (χ2n) is 4.01. The highest BCUT2D eigenvalue weighted by atomic mass is 35.5. The zero-order valence-corrected chi connectivity index (χ0v) is 11.1. The van der Waals surface area contributed by atoms with E-state index in [2.05, 4.69) is 10.3 Å². The Kier molecular flexibility index (Phi) is 4.36. The Morgan fingerprint density at radius 1 is 1.32 bits per heavy atom. The van der Waals surface area contributed by atoms with E-state index in [9.17, 15) is 4.79 Å². The molecular weight excluding hydrogens is 264 g/mol. The van der Waals surface area contributed by atoms with Gasteiger partial charge in [0, 0.05) is 11.2 Å². The molecule has 5 heteroatoms. The van der Waals surface area contributed by atoms with Gasteiger partial charge in [0.1, 0.15) is 11.6 Å². The van der Waals surface area contributed by atoms with Gasteiger partial charge in [-0.3, -0.25) is 4.79 Å². The van der Waals surface area contributed by atoms with Crippen molar-refractivity contribution in [3.63, 3.8) is 0 Å². The number of hydrogen-bond acceptors (Lipinski definition) is 3. The Morgan fingerprint density at radius 2 is 2.05 bits per heavy atom. The molecule has 0 aliphatic heterocycles. The molecule has 0 spiro atoms. The third kappa shape index (κ3) is 4.26. The van der Waals surface area contributed by atoms with Crippen LogP contribution in [0.15, 0.2) is 42.6 Å². The molecule has 2 aromatic rings. The third-order valence-electron chi connectivity index (χ3n) is 2.38. The molecule has 0 saturated heterocycles. The van der Waals surface area contributed by atoms with Gasteiger partial charge in [0.25, 0.3) is 5.91 Å². The van der Waals surface area contributed by atoms with Crippen molar-refractivity contribution in [2.45, 2.75) is 6.92 Å². The number of carbonyl (C=O) groups is 1. The van der Waals surface area contributed by atoms with Gasteiger partial charge in [-0.2, -0.15) is 0 Å². The Hall–Kier alpha value is -2.07. The van der Waals surface area contributed by atoms with Crippen LogP contribution in [-0.2, 0) is 4.79 Å². The molecule has 0 fully saturated rings. The Balaban J connectivity index is 1.86. The smallest absolute Gasteiger partial charge is 0.263 e. The number of ether oxygens (including phenoxy) is 1. The molecule has 0 bridgehead atoms. The second-order valence-corrected chi connectivity index (χ2v) is 4.45. The van der Waals surface area contributed by atoms with Gasteiger partial charge in [0.05, 0.1) is 0 Å². The molecule has 0 saturated carbocycles. The molecule has 1 aromatic carbocycles. The summed E-state index contributed by atoms with van der Waals surface area (Å²) in [6, 6.07) is 10.7. The average Bonchev–Trinajstić information content (AvgIpc) is 2.38. The van der Waals surface area contributed by atoms with E-state index in [1.807, 2.05) is 31.2 Å². The Bertz CT molecular complexity index is 570. The van der Waals surface area contributed by atoms with Crippen LogP contribution in [0.5, 0.6) is 5.75 Å². The van der Waals surface area contributed by atoms with Gasteiger partial charge < -0.3 is 10.1 Å². The number of nitrogens with zero attached hydrogens (tertiary/aromatic N) is 1. The summed E-state index contributed by atoms with van der Waals surface area (Å²) >= 11 is 5.79. The molecule has 98 valence electrons. The molecule has 2 rings (SSSR count). The van der Waals surface area contributed by atoms with Crippen LogP contribution in [0.2, 0.25) is 5.02 Å². The quantitative estimate of drug-likeness (QED) is 0.934. The fourth-order valence-electron chi connectivity index (χ4n) is 1.44. The van der Waals surface area contributed by atoms with Crippen molar-refractivity contribution >= 4 is 23.3 Å². The van der Waals surface area contributed by atoms with Crippen LogP contribution in [0.25, 0.3) is 0 Å². The summed E-state index contributed by atoms with van der Waals surface area (Å²) in [7, 11) is 0. The standard InChI is InChI=1S/C14H13ClN2O2/c1-10-2-4-12(5-3-10)19-9-14(18)17-13-8-11(15)6-7-16-13/h2-8H,9H2,1H3,(H,16,17,18). The lowest BCUT2D eigenvalue weighted by atomic mass is 10.2. The summed E-state index contributed by atoms with van der Waals surface area (Å²) in [5.41, 5.74) is 1.14. The van der Waals surface area contributed by atoms with Crippen LogP contribution in [-0.4, -0.2) is 17.5 Å². The number of aryl methyl sites for hydroxylation is 1. The Morgan fingerprint density at radius 3 is 2.74 bits per heavy atom. The number of hydrogen-bond donors (Lipinski definition) is 1. The van der Waals surface area contributed by atoms with Crippen molar-refractivity contribution in [3.05, 3.63) is 53.2 Å². The number of pyridine rings is 1. The minimum Gasteiger partial charge on any atom is -0.484 e. The number of anilines is 1. The van der Waals surface area contributed by atoms with Gasteiger partial charge in [0.2, 0.25) is 0 Å². The first-order chi connectivity index (χ1) is 9.13. The highest BCUT2D eigenvalue weighted by molar-refractivity contribution is 6.30. The molecule has 1 aromatic heterocycles. The fraction of sp³-hybridized carbons (Fsp3) is 0.143. The summed E-state index contributed by atoms with van der Waals surface area (Å²) in [4.78, 5) is 15.6. The maximum absolute atomic E-state index is 11.6. The van der Waals surface area contributed by atoms with E-state index in [-0.39, 0.29) is 12.5 Å². The van der Waals surface area contributed by atoms with Crippen molar-refractivity contribution in [1.29, 1.82) is 0 Å². The maximum atomic E-state index is 11.6. The van der Waals surface area contributed by atoms with Crippen LogP contribution >= 0.6 is 11.6 Å². The lowest BCUT2D eigenvalue weighted by molar-refractivity contribution is -0.118.